The molecule has 5 heteroatoms. The second kappa shape index (κ2) is 6.71. The summed E-state index contributed by atoms with van der Waals surface area (Å²) in [5.74, 6) is 4.53. The van der Waals surface area contributed by atoms with Crippen molar-refractivity contribution >= 4 is 12.4 Å². The fourth-order valence-corrected chi connectivity index (χ4v) is 1.33. The van der Waals surface area contributed by atoms with E-state index in [1.165, 1.54) is 18.2 Å². The van der Waals surface area contributed by atoms with Crippen LogP contribution in [-0.2, 0) is 4.74 Å². The molecular formula is C15H16FNO3. The molecule has 1 amide bonds. The molecule has 0 radical (unpaired) electrons. The average molecular weight is 277 g/mol. The lowest BCUT2D eigenvalue weighted by Gasteiger charge is -2.19. The van der Waals surface area contributed by atoms with E-state index in [-0.39, 0.29) is 17.7 Å². The second-order valence-electron chi connectivity index (χ2n) is 4.98. The molecule has 0 atom stereocenters. The lowest BCUT2D eigenvalue weighted by molar-refractivity contribution is 0.0535. The molecule has 0 unspecified atom stereocenters. The first kappa shape index (κ1) is 15.7. The standard InChI is InChI=1S/C15H16FNO3/c1-15(2,3)20-14(19)17-9-5-7-12-11(10-18)6-4-8-13(12)16/h4,6,8,10H,9H2,1-3H3,(H,17,19). The first-order chi connectivity index (χ1) is 9.33. The maximum atomic E-state index is 13.5. The molecule has 1 aromatic carbocycles. The minimum Gasteiger partial charge on any atom is -0.444 e. The summed E-state index contributed by atoms with van der Waals surface area (Å²) < 4.78 is 18.5. The summed E-state index contributed by atoms with van der Waals surface area (Å²) in [5, 5.41) is 2.42. The van der Waals surface area contributed by atoms with Crippen molar-refractivity contribution in [1.82, 2.24) is 5.32 Å². The monoisotopic (exact) mass is 277 g/mol. The van der Waals surface area contributed by atoms with Gasteiger partial charge in [0.05, 0.1) is 12.1 Å². The van der Waals surface area contributed by atoms with Crippen molar-refractivity contribution < 1.29 is 18.7 Å². The zero-order valence-electron chi connectivity index (χ0n) is 11.6. The molecule has 0 fully saturated rings. The summed E-state index contributed by atoms with van der Waals surface area (Å²) in [6, 6.07) is 4.13. The van der Waals surface area contributed by atoms with Crippen molar-refractivity contribution in [3.63, 3.8) is 0 Å². The number of nitrogens with one attached hydrogen (secondary N) is 1. The molecule has 0 heterocycles. The number of benzene rings is 1. The molecule has 1 N–H and O–H groups in total. The first-order valence-corrected chi connectivity index (χ1v) is 6.03. The van der Waals surface area contributed by atoms with Crippen LogP contribution in [0.25, 0.3) is 0 Å². The van der Waals surface area contributed by atoms with Crippen molar-refractivity contribution in [2.24, 2.45) is 0 Å². The van der Waals surface area contributed by atoms with Crippen LogP contribution in [0.1, 0.15) is 36.7 Å². The van der Waals surface area contributed by atoms with E-state index >= 15 is 0 Å². The van der Waals surface area contributed by atoms with Gasteiger partial charge in [0.1, 0.15) is 11.4 Å². The highest BCUT2D eigenvalue weighted by molar-refractivity contribution is 5.79. The van der Waals surface area contributed by atoms with Crippen LogP contribution in [0, 0.1) is 17.7 Å². The Morgan fingerprint density at radius 2 is 2.15 bits per heavy atom. The van der Waals surface area contributed by atoms with Gasteiger partial charge in [-0.1, -0.05) is 24.0 Å². The Hall–Kier alpha value is -2.35. The Labute approximate surface area is 117 Å². The highest BCUT2D eigenvalue weighted by Gasteiger charge is 2.15. The summed E-state index contributed by atoms with van der Waals surface area (Å²) in [7, 11) is 0. The van der Waals surface area contributed by atoms with Crippen LogP contribution in [0.5, 0.6) is 0 Å². The molecule has 0 spiro atoms. The number of carbonyl (C=O) groups excluding carboxylic acids is 2. The third-order valence-electron chi connectivity index (χ3n) is 2.11. The molecule has 106 valence electrons. The molecule has 0 aliphatic carbocycles. The Morgan fingerprint density at radius 1 is 1.45 bits per heavy atom. The van der Waals surface area contributed by atoms with Crippen LogP contribution < -0.4 is 5.32 Å². The van der Waals surface area contributed by atoms with Gasteiger partial charge in [0.2, 0.25) is 0 Å². The highest BCUT2D eigenvalue weighted by atomic mass is 19.1. The van der Waals surface area contributed by atoms with E-state index < -0.39 is 17.5 Å². The fraction of sp³-hybridized carbons (Fsp3) is 0.333. The van der Waals surface area contributed by atoms with Crippen LogP contribution >= 0.6 is 0 Å². The van der Waals surface area contributed by atoms with Gasteiger partial charge < -0.3 is 10.1 Å². The van der Waals surface area contributed by atoms with Crippen molar-refractivity contribution in [3.05, 3.63) is 35.1 Å². The minimum atomic E-state index is -0.601. The summed E-state index contributed by atoms with van der Waals surface area (Å²) in [4.78, 5) is 22.1. The number of ether oxygens (including phenoxy) is 1. The SMILES string of the molecule is CC(C)(C)OC(=O)NCC#Cc1c(F)cccc1C=O. The fourth-order valence-electron chi connectivity index (χ4n) is 1.33. The quantitative estimate of drug-likeness (QED) is 0.667. The average Bonchev–Trinajstić information content (AvgIpc) is 2.33. The Bertz CT molecular complexity index is 565. The van der Waals surface area contributed by atoms with E-state index in [2.05, 4.69) is 17.2 Å². The highest BCUT2D eigenvalue weighted by Crippen LogP contribution is 2.10. The number of amides is 1. The molecular weight excluding hydrogens is 261 g/mol. The molecule has 20 heavy (non-hydrogen) atoms. The third-order valence-corrected chi connectivity index (χ3v) is 2.11. The number of hydrogen-bond donors (Lipinski definition) is 1. The molecule has 0 aliphatic rings. The number of hydrogen-bond acceptors (Lipinski definition) is 3. The van der Waals surface area contributed by atoms with E-state index in [1.54, 1.807) is 20.8 Å². The van der Waals surface area contributed by atoms with E-state index in [0.29, 0.717) is 6.29 Å². The van der Waals surface area contributed by atoms with Gasteiger partial charge in [0.15, 0.2) is 6.29 Å². The molecule has 4 nitrogen and oxygen atoms in total. The summed E-state index contributed by atoms with van der Waals surface area (Å²) in [6.45, 7) is 5.23. The summed E-state index contributed by atoms with van der Waals surface area (Å²) >= 11 is 0. The lowest BCUT2D eigenvalue weighted by atomic mass is 10.1. The maximum Gasteiger partial charge on any atom is 0.408 e. The number of rotatable bonds is 2. The molecule has 0 aliphatic heterocycles. The number of aldehydes is 1. The second-order valence-corrected chi connectivity index (χ2v) is 4.98. The van der Waals surface area contributed by atoms with E-state index in [0.717, 1.165) is 0 Å². The Kier molecular flexibility index (Phi) is 5.27. The zero-order valence-corrected chi connectivity index (χ0v) is 11.6. The number of carbonyl (C=O) groups is 2. The predicted molar refractivity (Wildman–Crippen MR) is 72.9 cm³/mol. The van der Waals surface area contributed by atoms with Gasteiger partial charge in [-0.3, -0.25) is 4.79 Å². The maximum absolute atomic E-state index is 13.5. The first-order valence-electron chi connectivity index (χ1n) is 6.03. The van der Waals surface area contributed by atoms with E-state index in [1.807, 2.05) is 0 Å². The van der Waals surface area contributed by atoms with Gasteiger partial charge >= 0.3 is 6.09 Å². The molecule has 0 aromatic heterocycles. The van der Waals surface area contributed by atoms with E-state index in [9.17, 15) is 14.0 Å². The van der Waals surface area contributed by atoms with Gasteiger partial charge in [-0.25, -0.2) is 9.18 Å². The Balaban J connectivity index is 2.64. The largest absolute Gasteiger partial charge is 0.444 e. The minimum absolute atomic E-state index is 0.00153. The number of alkyl carbamates (subject to hydrolysis) is 1. The van der Waals surface area contributed by atoms with Gasteiger partial charge in [0.25, 0.3) is 0 Å². The van der Waals surface area contributed by atoms with E-state index in [4.69, 9.17) is 4.74 Å². The van der Waals surface area contributed by atoms with Crippen molar-refractivity contribution in [1.29, 1.82) is 0 Å². The summed E-state index contributed by atoms with van der Waals surface area (Å²) in [6.07, 6.45) is -0.0649. The predicted octanol–water partition coefficient (Wildman–Crippen LogP) is 2.51. The zero-order chi connectivity index (χ0) is 15.2. The topological polar surface area (TPSA) is 55.4 Å². The van der Waals surface area contributed by atoms with Crippen LogP contribution in [-0.4, -0.2) is 24.5 Å². The van der Waals surface area contributed by atoms with Gasteiger partial charge in [-0.2, -0.15) is 0 Å². The Morgan fingerprint density at radius 3 is 2.75 bits per heavy atom. The van der Waals surface area contributed by atoms with Crippen molar-refractivity contribution in [3.8, 4) is 11.8 Å². The lowest BCUT2D eigenvalue weighted by Crippen LogP contribution is -2.32. The van der Waals surface area contributed by atoms with Gasteiger partial charge in [0, 0.05) is 5.56 Å². The van der Waals surface area contributed by atoms with Crippen molar-refractivity contribution in [2.45, 2.75) is 26.4 Å². The molecule has 1 rings (SSSR count). The van der Waals surface area contributed by atoms with Crippen LogP contribution in [0.2, 0.25) is 0 Å². The van der Waals surface area contributed by atoms with Gasteiger partial charge in [-0.05, 0) is 26.8 Å². The number of halogens is 1. The summed E-state index contributed by atoms with van der Waals surface area (Å²) in [5.41, 5.74) is -0.392. The van der Waals surface area contributed by atoms with Crippen LogP contribution in [0.3, 0.4) is 0 Å². The molecule has 1 aromatic rings. The molecule has 0 saturated heterocycles. The van der Waals surface area contributed by atoms with Crippen LogP contribution in [0.4, 0.5) is 9.18 Å². The third kappa shape index (κ3) is 5.11. The molecule has 0 saturated carbocycles. The smallest absolute Gasteiger partial charge is 0.408 e. The van der Waals surface area contributed by atoms with Gasteiger partial charge in [-0.15, -0.1) is 0 Å². The molecule has 0 bridgehead atoms. The van der Waals surface area contributed by atoms with Crippen molar-refractivity contribution in [2.75, 3.05) is 6.54 Å². The normalized spacial score (nSPS) is 10.2. The van der Waals surface area contributed by atoms with Crippen LogP contribution in [0.15, 0.2) is 18.2 Å².